The molecular formula is C21H19N3O. The van der Waals surface area contributed by atoms with Crippen LogP contribution in [0.5, 0.6) is 0 Å². The smallest absolute Gasteiger partial charge is 0.177 e. The zero-order valence-electron chi connectivity index (χ0n) is 14.3. The Bertz CT molecular complexity index is 1010. The van der Waals surface area contributed by atoms with Crippen molar-refractivity contribution in [1.82, 2.24) is 15.0 Å². The van der Waals surface area contributed by atoms with E-state index in [1.165, 1.54) is 16.3 Å². The number of aryl methyl sites for hydroxylation is 1. The van der Waals surface area contributed by atoms with Gasteiger partial charge in [-0.05, 0) is 29.3 Å². The van der Waals surface area contributed by atoms with Crippen LogP contribution in [0.25, 0.3) is 22.0 Å². The van der Waals surface area contributed by atoms with Crippen molar-refractivity contribution in [2.24, 2.45) is 0 Å². The van der Waals surface area contributed by atoms with Gasteiger partial charge in [-0.3, -0.25) is 0 Å². The lowest BCUT2D eigenvalue weighted by Gasteiger charge is -2.18. The minimum Gasteiger partial charge on any atom is -0.355 e. The molecule has 0 saturated heterocycles. The number of fused-ring (bicyclic) bond motifs is 1. The van der Waals surface area contributed by atoms with Crippen LogP contribution in [-0.2, 0) is 4.74 Å². The molecule has 1 atom stereocenters. The standard InChI is InChI=1S/C21H19N3O/c1-15-12-17-10-6-7-11-18(17)13-19(15)21(25-2)24-14-20(22-23-24)16-8-4-3-5-9-16/h3-14,21H,1-2H3. The summed E-state index contributed by atoms with van der Waals surface area (Å²) >= 11 is 0. The molecule has 124 valence electrons. The number of nitrogens with zero attached hydrogens (tertiary/aromatic N) is 3. The molecule has 0 radical (unpaired) electrons. The van der Waals surface area contributed by atoms with Crippen LogP contribution in [0.2, 0.25) is 0 Å². The number of benzene rings is 3. The van der Waals surface area contributed by atoms with Gasteiger partial charge >= 0.3 is 0 Å². The molecule has 25 heavy (non-hydrogen) atoms. The summed E-state index contributed by atoms with van der Waals surface area (Å²) in [5, 5.41) is 11.0. The van der Waals surface area contributed by atoms with E-state index in [-0.39, 0.29) is 6.23 Å². The van der Waals surface area contributed by atoms with Crippen molar-refractivity contribution in [2.45, 2.75) is 13.2 Å². The highest BCUT2D eigenvalue weighted by atomic mass is 16.5. The molecule has 3 aromatic carbocycles. The van der Waals surface area contributed by atoms with Crippen molar-refractivity contribution in [2.75, 3.05) is 7.11 Å². The first-order valence-corrected chi connectivity index (χ1v) is 8.25. The van der Waals surface area contributed by atoms with Gasteiger partial charge in [-0.15, -0.1) is 5.10 Å². The molecule has 0 amide bonds. The summed E-state index contributed by atoms with van der Waals surface area (Å²) in [5.41, 5.74) is 4.13. The van der Waals surface area contributed by atoms with E-state index < -0.39 is 0 Å². The molecule has 0 fully saturated rings. The first kappa shape index (κ1) is 15.5. The van der Waals surface area contributed by atoms with Crippen LogP contribution in [0.15, 0.2) is 72.9 Å². The molecule has 0 spiro atoms. The van der Waals surface area contributed by atoms with E-state index in [4.69, 9.17) is 4.74 Å². The molecular weight excluding hydrogens is 310 g/mol. The topological polar surface area (TPSA) is 39.9 Å². The maximum absolute atomic E-state index is 5.76. The van der Waals surface area contributed by atoms with Crippen molar-refractivity contribution < 1.29 is 4.74 Å². The van der Waals surface area contributed by atoms with E-state index in [0.717, 1.165) is 16.8 Å². The number of hydrogen-bond donors (Lipinski definition) is 0. The van der Waals surface area contributed by atoms with Gasteiger partial charge < -0.3 is 4.74 Å². The summed E-state index contributed by atoms with van der Waals surface area (Å²) < 4.78 is 7.54. The van der Waals surface area contributed by atoms with Crippen LogP contribution in [0.3, 0.4) is 0 Å². The lowest BCUT2D eigenvalue weighted by Crippen LogP contribution is -2.14. The highest BCUT2D eigenvalue weighted by Crippen LogP contribution is 2.28. The number of methoxy groups -OCH3 is 1. The average molecular weight is 329 g/mol. The van der Waals surface area contributed by atoms with Gasteiger partial charge in [0.05, 0.1) is 6.20 Å². The predicted molar refractivity (Wildman–Crippen MR) is 99.3 cm³/mol. The van der Waals surface area contributed by atoms with Crippen molar-refractivity contribution in [1.29, 1.82) is 0 Å². The quantitative estimate of drug-likeness (QED) is 0.549. The van der Waals surface area contributed by atoms with E-state index in [0.29, 0.717) is 0 Å². The Labute approximate surface area is 146 Å². The molecule has 4 aromatic rings. The van der Waals surface area contributed by atoms with Crippen LogP contribution in [0.4, 0.5) is 0 Å². The number of ether oxygens (including phenoxy) is 1. The van der Waals surface area contributed by atoms with Crippen molar-refractivity contribution >= 4 is 10.8 Å². The fourth-order valence-corrected chi connectivity index (χ4v) is 3.15. The molecule has 4 rings (SSSR count). The third kappa shape index (κ3) is 2.92. The fourth-order valence-electron chi connectivity index (χ4n) is 3.15. The summed E-state index contributed by atoms with van der Waals surface area (Å²) in [6, 6.07) is 22.7. The van der Waals surface area contributed by atoms with Crippen molar-refractivity contribution in [3.63, 3.8) is 0 Å². The number of aromatic nitrogens is 3. The Morgan fingerprint density at radius 3 is 2.32 bits per heavy atom. The van der Waals surface area contributed by atoms with Gasteiger partial charge in [-0.25, -0.2) is 4.68 Å². The molecule has 4 heteroatoms. The Balaban J connectivity index is 1.76. The Hall–Kier alpha value is -2.98. The summed E-state index contributed by atoms with van der Waals surface area (Å²) in [7, 11) is 1.70. The molecule has 0 aliphatic heterocycles. The number of hydrogen-bond acceptors (Lipinski definition) is 3. The Morgan fingerprint density at radius 2 is 1.60 bits per heavy atom. The monoisotopic (exact) mass is 329 g/mol. The van der Waals surface area contributed by atoms with Crippen LogP contribution in [0.1, 0.15) is 17.4 Å². The second kappa shape index (κ2) is 6.49. The molecule has 1 heterocycles. The normalized spacial score (nSPS) is 12.4. The minimum absolute atomic E-state index is 0.311. The summed E-state index contributed by atoms with van der Waals surface area (Å²) in [5.74, 6) is 0. The molecule has 0 aliphatic rings. The van der Waals surface area contributed by atoms with Gasteiger partial charge in [0.2, 0.25) is 0 Å². The fraction of sp³-hybridized carbons (Fsp3) is 0.143. The average Bonchev–Trinajstić information content (AvgIpc) is 3.13. The highest BCUT2D eigenvalue weighted by molar-refractivity contribution is 5.84. The third-order valence-corrected chi connectivity index (χ3v) is 4.44. The summed E-state index contributed by atoms with van der Waals surface area (Å²) in [6.07, 6.45) is 1.62. The molecule has 0 saturated carbocycles. The maximum atomic E-state index is 5.76. The Kier molecular flexibility index (Phi) is 4.04. The van der Waals surface area contributed by atoms with Crippen LogP contribution < -0.4 is 0 Å². The van der Waals surface area contributed by atoms with Crippen LogP contribution in [-0.4, -0.2) is 22.1 Å². The van der Waals surface area contributed by atoms with E-state index in [1.54, 1.807) is 11.8 Å². The summed E-state index contributed by atoms with van der Waals surface area (Å²) in [6.45, 7) is 2.10. The minimum atomic E-state index is -0.311. The molecule has 1 aromatic heterocycles. The third-order valence-electron chi connectivity index (χ3n) is 4.44. The van der Waals surface area contributed by atoms with E-state index >= 15 is 0 Å². The molecule has 0 bridgehead atoms. The molecule has 4 nitrogen and oxygen atoms in total. The number of rotatable bonds is 4. The van der Waals surface area contributed by atoms with Crippen LogP contribution in [0, 0.1) is 6.92 Å². The van der Waals surface area contributed by atoms with Gasteiger partial charge in [0.25, 0.3) is 0 Å². The largest absolute Gasteiger partial charge is 0.355 e. The molecule has 1 unspecified atom stereocenters. The van der Waals surface area contributed by atoms with E-state index in [1.807, 2.05) is 42.6 Å². The second-order valence-corrected chi connectivity index (χ2v) is 6.09. The van der Waals surface area contributed by atoms with Crippen LogP contribution >= 0.6 is 0 Å². The molecule has 0 N–H and O–H groups in total. The highest BCUT2D eigenvalue weighted by Gasteiger charge is 2.18. The van der Waals surface area contributed by atoms with E-state index in [2.05, 4.69) is 47.6 Å². The van der Waals surface area contributed by atoms with Gasteiger partial charge in [0.1, 0.15) is 5.69 Å². The molecule has 0 aliphatic carbocycles. The predicted octanol–water partition coefficient (Wildman–Crippen LogP) is 4.60. The van der Waals surface area contributed by atoms with Crippen molar-refractivity contribution in [3.8, 4) is 11.3 Å². The van der Waals surface area contributed by atoms with Crippen molar-refractivity contribution in [3.05, 3.63) is 84.1 Å². The zero-order chi connectivity index (χ0) is 17.2. The first-order valence-electron chi connectivity index (χ1n) is 8.25. The van der Waals surface area contributed by atoms with E-state index in [9.17, 15) is 0 Å². The van der Waals surface area contributed by atoms with Gasteiger partial charge in [0, 0.05) is 18.2 Å². The summed E-state index contributed by atoms with van der Waals surface area (Å²) in [4.78, 5) is 0. The SMILES string of the molecule is COC(c1cc2ccccc2cc1C)n1cc(-c2ccccc2)nn1. The first-order chi connectivity index (χ1) is 12.3. The second-order valence-electron chi connectivity index (χ2n) is 6.09. The lowest BCUT2D eigenvalue weighted by molar-refractivity contribution is 0.0661. The lowest BCUT2D eigenvalue weighted by atomic mass is 10.0. The van der Waals surface area contributed by atoms with Gasteiger partial charge in [0.15, 0.2) is 6.23 Å². The zero-order valence-corrected chi connectivity index (χ0v) is 14.3. The maximum Gasteiger partial charge on any atom is 0.177 e. The van der Waals surface area contributed by atoms with Gasteiger partial charge in [-0.2, -0.15) is 0 Å². The van der Waals surface area contributed by atoms with Gasteiger partial charge in [-0.1, -0.05) is 65.9 Å². The Morgan fingerprint density at radius 1 is 0.920 bits per heavy atom.